The molecule has 198 valence electrons. The number of carbonyl (C=O) groups excluding carboxylic acids is 1. The lowest BCUT2D eigenvalue weighted by atomic mass is 9.47. The molecule has 7 unspecified atom stereocenters. The zero-order valence-electron chi connectivity index (χ0n) is 22.6. The van der Waals surface area contributed by atoms with Crippen LogP contribution in [-0.4, -0.2) is 33.9 Å². The minimum absolute atomic E-state index is 0.0392. The molecule has 5 heteroatoms. The Labute approximate surface area is 212 Å². The molecule has 4 rings (SSSR count). The highest BCUT2D eigenvalue weighted by Crippen LogP contribution is 2.67. The number of hydrogen-bond donors (Lipinski definition) is 2. The van der Waals surface area contributed by atoms with Crippen molar-refractivity contribution in [1.82, 2.24) is 0 Å². The van der Waals surface area contributed by atoms with E-state index in [0.717, 1.165) is 62.2 Å². The SMILES string of the molecule is C[C@H](CCC(C)(C)O)C1CCC2C3CC=C4CC(OC(=O)CCC(=O)O)CCC4(C)C3CCC21C. The Hall–Kier alpha value is -1.36. The summed E-state index contributed by atoms with van der Waals surface area (Å²) < 4.78 is 5.68. The number of hydrogen-bond acceptors (Lipinski definition) is 4. The summed E-state index contributed by atoms with van der Waals surface area (Å²) in [4.78, 5) is 22.9. The van der Waals surface area contributed by atoms with Crippen LogP contribution >= 0.6 is 0 Å². The molecular weight excluding hydrogens is 440 g/mol. The number of esters is 1. The fourth-order valence-corrected chi connectivity index (χ4v) is 8.94. The Balaban J connectivity index is 1.42. The van der Waals surface area contributed by atoms with Crippen molar-refractivity contribution < 1.29 is 24.5 Å². The lowest BCUT2D eigenvalue weighted by molar-refractivity contribution is -0.154. The van der Waals surface area contributed by atoms with Crippen LogP contribution < -0.4 is 0 Å². The highest BCUT2D eigenvalue weighted by Gasteiger charge is 2.59. The Bertz CT molecular complexity index is 840. The quantitative estimate of drug-likeness (QED) is 0.300. The third kappa shape index (κ3) is 5.36. The van der Waals surface area contributed by atoms with Gasteiger partial charge in [0.1, 0.15) is 6.10 Å². The fraction of sp³-hybridized carbons (Fsp3) is 0.867. The van der Waals surface area contributed by atoms with Crippen molar-refractivity contribution in [2.75, 3.05) is 0 Å². The summed E-state index contributed by atoms with van der Waals surface area (Å²) in [7, 11) is 0. The minimum atomic E-state index is -0.954. The number of carboxylic acid groups (broad SMARTS) is 1. The van der Waals surface area contributed by atoms with Crippen LogP contribution in [0.3, 0.4) is 0 Å². The van der Waals surface area contributed by atoms with Crippen LogP contribution in [0.4, 0.5) is 0 Å². The molecule has 2 N–H and O–H groups in total. The topological polar surface area (TPSA) is 83.8 Å². The van der Waals surface area contributed by atoms with E-state index in [1.165, 1.54) is 31.3 Å². The van der Waals surface area contributed by atoms with Gasteiger partial charge in [0, 0.05) is 6.42 Å². The van der Waals surface area contributed by atoms with E-state index in [-0.39, 0.29) is 30.3 Å². The summed E-state index contributed by atoms with van der Waals surface area (Å²) in [5.74, 6) is 2.35. The first kappa shape index (κ1) is 26.7. The van der Waals surface area contributed by atoms with Gasteiger partial charge in [-0.3, -0.25) is 9.59 Å². The lowest BCUT2D eigenvalue weighted by Crippen LogP contribution is -2.51. The fourth-order valence-electron chi connectivity index (χ4n) is 8.94. The van der Waals surface area contributed by atoms with Crippen molar-refractivity contribution in [3.63, 3.8) is 0 Å². The van der Waals surface area contributed by atoms with E-state index < -0.39 is 11.6 Å². The van der Waals surface area contributed by atoms with Gasteiger partial charge >= 0.3 is 11.9 Å². The minimum Gasteiger partial charge on any atom is -0.481 e. The van der Waals surface area contributed by atoms with Gasteiger partial charge in [-0.05, 0) is 112 Å². The number of carboxylic acids is 1. The normalized spacial score (nSPS) is 39.6. The van der Waals surface area contributed by atoms with Gasteiger partial charge in [-0.15, -0.1) is 0 Å². The molecule has 0 amide bonds. The van der Waals surface area contributed by atoms with Crippen LogP contribution in [0.25, 0.3) is 0 Å². The van der Waals surface area contributed by atoms with Gasteiger partial charge in [0.15, 0.2) is 0 Å². The smallest absolute Gasteiger partial charge is 0.306 e. The number of ether oxygens (including phenoxy) is 1. The number of aliphatic carboxylic acids is 1. The van der Waals surface area contributed by atoms with Crippen molar-refractivity contribution in [2.24, 2.45) is 40.4 Å². The van der Waals surface area contributed by atoms with E-state index in [0.29, 0.717) is 11.3 Å². The van der Waals surface area contributed by atoms with Crippen LogP contribution in [0, 0.1) is 40.4 Å². The summed E-state index contributed by atoms with van der Waals surface area (Å²) in [5, 5.41) is 19.1. The van der Waals surface area contributed by atoms with E-state index in [2.05, 4.69) is 26.8 Å². The molecule has 0 spiro atoms. The van der Waals surface area contributed by atoms with Gasteiger partial charge < -0.3 is 14.9 Å². The molecule has 8 atom stereocenters. The van der Waals surface area contributed by atoms with Crippen molar-refractivity contribution in [3.05, 3.63) is 11.6 Å². The first-order valence-corrected chi connectivity index (χ1v) is 14.2. The van der Waals surface area contributed by atoms with Crippen molar-refractivity contribution in [1.29, 1.82) is 0 Å². The predicted molar refractivity (Wildman–Crippen MR) is 137 cm³/mol. The molecule has 0 saturated heterocycles. The van der Waals surface area contributed by atoms with Crippen molar-refractivity contribution in [3.8, 4) is 0 Å². The summed E-state index contributed by atoms with van der Waals surface area (Å²) >= 11 is 0. The zero-order valence-corrected chi connectivity index (χ0v) is 22.6. The molecule has 0 heterocycles. The maximum atomic E-state index is 12.1. The number of allylic oxidation sites excluding steroid dienone is 1. The van der Waals surface area contributed by atoms with Gasteiger partial charge in [-0.2, -0.15) is 0 Å². The van der Waals surface area contributed by atoms with Crippen LogP contribution in [0.2, 0.25) is 0 Å². The largest absolute Gasteiger partial charge is 0.481 e. The van der Waals surface area contributed by atoms with Crippen LogP contribution in [0.5, 0.6) is 0 Å². The summed E-state index contributed by atoms with van der Waals surface area (Å²) in [6.45, 7) is 11.3. The summed E-state index contributed by atoms with van der Waals surface area (Å²) in [6, 6.07) is 0. The Kier molecular flexibility index (Phi) is 7.50. The van der Waals surface area contributed by atoms with Gasteiger partial charge in [-0.25, -0.2) is 0 Å². The third-order valence-corrected chi connectivity index (χ3v) is 10.9. The van der Waals surface area contributed by atoms with Gasteiger partial charge in [-0.1, -0.05) is 32.4 Å². The lowest BCUT2D eigenvalue weighted by Gasteiger charge is -2.58. The second-order valence-electron chi connectivity index (χ2n) is 13.6. The second-order valence-corrected chi connectivity index (χ2v) is 13.6. The molecule has 5 nitrogen and oxygen atoms in total. The Morgan fingerprint density at radius 1 is 1.11 bits per heavy atom. The van der Waals surface area contributed by atoms with Gasteiger partial charge in [0.2, 0.25) is 0 Å². The molecule has 0 aromatic rings. The zero-order chi connectivity index (χ0) is 25.6. The molecule has 0 aromatic heterocycles. The number of carbonyl (C=O) groups is 2. The van der Waals surface area contributed by atoms with Crippen LogP contribution in [0.15, 0.2) is 11.6 Å². The van der Waals surface area contributed by atoms with Gasteiger partial charge in [0.05, 0.1) is 18.4 Å². The molecule has 3 fully saturated rings. The molecule has 4 aliphatic carbocycles. The molecule has 0 bridgehead atoms. The van der Waals surface area contributed by atoms with Crippen LogP contribution in [-0.2, 0) is 14.3 Å². The molecule has 4 aliphatic rings. The Morgan fingerprint density at radius 2 is 1.86 bits per heavy atom. The first-order chi connectivity index (χ1) is 16.3. The highest BCUT2D eigenvalue weighted by molar-refractivity contribution is 5.76. The molecule has 0 aromatic carbocycles. The van der Waals surface area contributed by atoms with Crippen LogP contribution in [0.1, 0.15) is 112 Å². The third-order valence-electron chi connectivity index (χ3n) is 10.9. The average molecular weight is 489 g/mol. The maximum absolute atomic E-state index is 12.1. The summed E-state index contributed by atoms with van der Waals surface area (Å²) in [6.07, 6.45) is 13.4. The van der Waals surface area contributed by atoms with E-state index >= 15 is 0 Å². The van der Waals surface area contributed by atoms with Gasteiger partial charge in [0.25, 0.3) is 0 Å². The van der Waals surface area contributed by atoms with E-state index in [4.69, 9.17) is 9.84 Å². The van der Waals surface area contributed by atoms with E-state index in [1.54, 1.807) is 0 Å². The molecule has 3 saturated carbocycles. The molecule has 0 radical (unpaired) electrons. The molecular formula is C30H48O5. The maximum Gasteiger partial charge on any atom is 0.306 e. The average Bonchev–Trinajstić information content (AvgIpc) is 3.13. The monoisotopic (exact) mass is 488 g/mol. The second kappa shape index (κ2) is 9.84. The van der Waals surface area contributed by atoms with Crippen molar-refractivity contribution in [2.45, 2.75) is 123 Å². The predicted octanol–water partition coefficient (Wildman–Crippen LogP) is 6.53. The molecule has 0 aliphatic heterocycles. The standard InChI is InChI=1S/C30H48O5/c1-19(12-15-28(2,3)34)23-8-9-24-22-7-6-20-18-21(35-27(33)11-10-26(31)32)13-16-29(20,4)25(22)14-17-30(23,24)5/h6,19,21-25,34H,7-18H2,1-5H3,(H,31,32)/t19-,21?,22?,23?,24?,25?,29?,30?/m1/s1. The Morgan fingerprint density at radius 3 is 2.54 bits per heavy atom. The molecule has 35 heavy (non-hydrogen) atoms. The number of aliphatic hydroxyl groups is 1. The summed E-state index contributed by atoms with van der Waals surface area (Å²) in [5.41, 5.74) is 1.53. The van der Waals surface area contributed by atoms with E-state index in [1.807, 2.05) is 13.8 Å². The highest BCUT2D eigenvalue weighted by atomic mass is 16.5. The van der Waals surface area contributed by atoms with Crippen molar-refractivity contribution >= 4 is 11.9 Å². The number of fused-ring (bicyclic) bond motifs is 5. The first-order valence-electron chi connectivity index (χ1n) is 14.2. The number of rotatable bonds is 8. The van der Waals surface area contributed by atoms with E-state index in [9.17, 15) is 14.7 Å².